The lowest BCUT2D eigenvalue weighted by molar-refractivity contribution is -0.122. The number of nitrogens with zero attached hydrogens (tertiary/aromatic N) is 1. The van der Waals surface area contributed by atoms with Crippen LogP contribution >= 0.6 is 23.4 Å². The Morgan fingerprint density at radius 3 is 2.96 bits per heavy atom. The topological polar surface area (TPSA) is 95.7 Å². The van der Waals surface area contributed by atoms with Crippen molar-refractivity contribution in [2.75, 3.05) is 5.32 Å². The summed E-state index contributed by atoms with van der Waals surface area (Å²) in [5.41, 5.74) is 4.69. The molecule has 2 aromatic rings. The molecule has 1 saturated heterocycles. The average molecular weight is 405 g/mol. The van der Waals surface area contributed by atoms with E-state index in [1.807, 2.05) is 13.0 Å². The number of carbonyl (C=O) groups is 2. The predicted molar refractivity (Wildman–Crippen MR) is 107 cm³/mol. The van der Waals surface area contributed by atoms with Crippen LogP contribution in [-0.4, -0.2) is 22.2 Å². The molecule has 0 spiro atoms. The van der Waals surface area contributed by atoms with Crippen LogP contribution in [0.3, 0.4) is 0 Å². The van der Waals surface area contributed by atoms with Gasteiger partial charge in [-0.3, -0.25) is 15.0 Å². The highest BCUT2D eigenvalue weighted by Gasteiger charge is 2.32. The Morgan fingerprint density at radius 1 is 1.44 bits per heavy atom. The van der Waals surface area contributed by atoms with Gasteiger partial charge in [-0.25, -0.2) is 0 Å². The van der Waals surface area contributed by atoms with E-state index in [1.165, 1.54) is 18.0 Å². The smallest absolute Gasteiger partial charge is 0.240 e. The van der Waals surface area contributed by atoms with E-state index < -0.39 is 5.25 Å². The first-order valence-corrected chi connectivity index (χ1v) is 9.28. The third kappa shape index (κ3) is 4.93. The molecule has 3 N–H and O–H groups in total. The van der Waals surface area contributed by atoms with Crippen molar-refractivity contribution in [1.82, 2.24) is 10.7 Å². The summed E-state index contributed by atoms with van der Waals surface area (Å²) in [5, 5.41) is 9.82. The second kappa shape index (κ2) is 8.32. The average Bonchev–Trinajstić information content (AvgIpc) is 3.27. The van der Waals surface area contributed by atoms with Crippen LogP contribution in [0.1, 0.15) is 17.7 Å². The number of halogens is 1. The molecule has 0 radical (unpaired) electrons. The molecule has 0 bridgehead atoms. The molecule has 0 saturated carbocycles. The summed E-state index contributed by atoms with van der Waals surface area (Å²) < 4.78 is 5.19. The number of aryl methyl sites for hydroxylation is 1. The van der Waals surface area contributed by atoms with Gasteiger partial charge in [0.1, 0.15) is 5.25 Å². The van der Waals surface area contributed by atoms with Gasteiger partial charge in [0, 0.05) is 17.1 Å². The van der Waals surface area contributed by atoms with Gasteiger partial charge in [-0.15, -0.1) is 5.10 Å². The third-order valence-corrected chi connectivity index (χ3v) is 5.20. The Morgan fingerprint density at radius 2 is 2.26 bits per heavy atom. The maximum atomic E-state index is 12.2. The minimum atomic E-state index is -0.566. The molecule has 2 heterocycles. The third-order valence-electron chi connectivity index (χ3n) is 3.71. The summed E-state index contributed by atoms with van der Waals surface area (Å²) in [7, 11) is 0. The highest BCUT2D eigenvalue weighted by molar-refractivity contribution is 8.15. The molecule has 1 aliphatic rings. The fourth-order valence-electron chi connectivity index (χ4n) is 2.27. The van der Waals surface area contributed by atoms with Crippen molar-refractivity contribution in [3.63, 3.8) is 0 Å². The second-order valence-corrected chi connectivity index (χ2v) is 7.40. The molecule has 7 nitrogen and oxygen atoms in total. The molecule has 1 atom stereocenters. The normalized spacial score (nSPS) is 17.6. The van der Waals surface area contributed by atoms with Gasteiger partial charge >= 0.3 is 0 Å². The number of hydrogen-bond donors (Lipinski definition) is 3. The van der Waals surface area contributed by atoms with E-state index in [1.54, 1.807) is 24.3 Å². The van der Waals surface area contributed by atoms with Gasteiger partial charge in [-0.05, 0) is 36.8 Å². The Balaban J connectivity index is 1.54. The lowest BCUT2D eigenvalue weighted by Gasteiger charge is -2.08. The molecule has 140 valence electrons. The zero-order chi connectivity index (χ0) is 19.4. The quantitative estimate of drug-likeness (QED) is 0.642. The van der Waals surface area contributed by atoms with Crippen molar-refractivity contribution in [3.05, 3.63) is 59.5 Å². The van der Waals surface area contributed by atoms with Crippen LogP contribution in [0.2, 0.25) is 5.02 Å². The number of hydrogen-bond acceptors (Lipinski definition) is 6. The maximum Gasteiger partial charge on any atom is 0.240 e. The second-order valence-electron chi connectivity index (χ2n) is 5.80. The first kappa shape index (κ1) is 19.1. The van der Waals surface area contributed by atoms with Crippen LogP contribution in [0.25, 0.3) is 5.70 Å². The zero-order valence-corrected chi connectivity index (χ0v) is 16.0. The fraction of sp³-hybridized carbons (Fsp3) is 0.167. The highest BCUT2D eigenvalue weighted by atomic mass is 35.5. The molecule has 0 aliphatic carbocycles. The molecule has 0 unspecified atom stereocenters. The number of hydrazone groups is 1. The molecule has 9 heteroatoms. The van der Waals surface area contributed by atoms with Crippen LogP contribution in [-0.2, 0) is 9.59 Å². The first-order valence-electron chi connectivity index (χ1n) is 8.02. The summed E-state index contributed by atoms with van der Waals surface area (Å²) in [6, 6.07) is 8.72. The van der Waals surface area contributed by atoms with E-state index in [2.05, 4.69) is 27.7 Å². The van der Waals surface area contributed by atoms with Gasteiger partial charge in [-0.1, -0.05) is 36.0 Å². The number of amidine groups is 1. The fourth-order valence-corrected chi connectivity index (χ4v) is 3.38. The summed E-state index contributed by atoms with van der Waals surface area (Å²) in [4.78, 5) is 24.3. The number of rotatable bonds is 6. The zero-order valence-electron chi connectivity index (χ0n) is 14.4. The molecule has 1 aromatic carbocycles. The van der Waals surface area contributed by atoms with Gasteiger partial charge in [-0.2, -0.15) is 0 Å². The number of thioether (sulfide) groups is 1. The van der Waals surface area contributed by atoms with Crippen LogP contribution in [0.15, 0.2) is 52.7 Å². The predicted octanol–water partition coefficient (Wildman–Crippen LogP) is 3.33. The molecule has 27 heavy (non-hydrogen) atoms. The van der Waals surface area contributed by atoms with Crippen molar-refractivity contribution in [3.8, 4) is 0 Å². The SMILES string of the molecule is C=C(N/N=C1\NC(=O)[C@H](CC(=O)Nc2ccc(C)c(Cl)c2)S1)c1ccco1. The van der Waals surface area contributed by atoms with Crippen molar-refractivity contribution < 1.29 is 14.0 Å². The van der Waals surface area contributed by atoms with Gasteiger partial charge in [0.25, 0.3) is 0 Å². The van der Waals surface area contributed by atoms with Gasteiger partial charge in [0.15, 0.2) is 10.9 Å². The summed E-state index contributed by atoms with van der Waals surface area (Å²) in [6.07, 6.45) is 1.54. The lowest BCUT2D eigenvalue weighted by Crippen LogP contribution is -2.28. The van der Waals surface area contributed by atoms with Crippen molar-refractivity contribution in [1.29, 1.82) is 0 Å². The molecule has 3 rings (SSSR count). The largest absolute Gasteiger partial charge is 0.463 e. The Bertz CT molecular complexity index is 911. The van der Waals surface area contributed by atoms with E-state index in [9.17, 15) is 9.59 Å². The van der Waals surface area contributed by atoms with Crippen molar-refractivity contribution in [2.45, 2.75) is 18.6 Å². The van der Waals surface area contributed by atoms with E-state index in [0.717, 1.165) is 5.56 Å². The van der Waals surface area contributed by atoms with Crippen molar-refractivity contribution >= 4 is 51.7 Å². The molecule has 1 fully saturated rings. The molecular formula is C18H17ClN4O3S. The first-order chi connectivity index (χ1) is 12.9. The number of nitrogens with one attached hydrogen (secondary N) is 3. The monoisotopic (exact) mass is 404 g/mol. The van der Waals surface area contributed by atoms with E-state index in [4.69, 9.17) is 16.0 Å². The summed E-state index contributed by atoms with van der Waals surface area (Å²) >= 11 is 7.22. The highest BCUT2D eigenvalue weighted by Crippen LogP contribution is 2.24. The van der Waals surface area contributed by atoms with Crippen LogP contribution in [0.5, 0.6) is 0 Å². The van der Waals surface area contributed by atoms with Gasteiger partial charge < -0.3 is 15.1 Å². The van der Waals surface area contributed by atoms with Crippen molar-refractivity contribution in [2.24, 2.45) is 5.10 Å². The molecule has 2 amide bonds. The number of furan rings is 1. The lowest BCUT2D eigenvalue weighted by atomic mass is 10.2. The Labute approximate surface area is 165 Å². The molecular weight excluding hydrogens is 388 g/mol. The Hall–Kier alpha value is -2.71. The van der Waals surface area contributed by atoms with Crippen LogP contribution in [0, 0.1) is 6.92 Å². The minimum Gasteiger partial charge on any atom is -0.463 e. The number of benzene rings is 1. The van der Waals surface area contributed by atoms with E-state index >= 15 is 0 Å². The van der Waals surface area contributed by atoms with Crippen LogP contribution < -0.4 is 16.1 Å². The van der Waals surface area contributed by atoms with Gasteiger partial charge in [0.2, 0.25) is 11.8 Å². The number of amides is 2. The summed E-state index contributed by atoms with van der Waals surface area (Å²) in [6.45, 7) is 5.67. The minimum absolute atomic E-state index is 0.0140. The van der Waals surface area contributed by atoms with Gasteiger partial charge in [0.05, 0.1) is 12.0 Å². The standard InChI is InChI=1S/C18H17ClN4O3S/c1-10-5-6-12(8-13(10)19)20-16(24)9-15-17(25)21-18(27-15)23-22-11(2)14-4-3-7-26-14/h3-8,15,22H,2,9H2,1H3,(H,20,24)(H,21,23,25)/t15-/m0/s1. The van der Waals surface area contributed by atoms with Crippen LogP contribution in [0.4, 0.5) is 5.69 Å². The Kier molecular flexibility index (Phi) is 5.88. The number of anilines is 1. The number of carbonyl (C=O) groups excluding carboxylic acids is 2. The summed E-state index contributed by atoms with van der Waals surface area (Å²) in [5.74, 6) is -0.0145. The molecule has 1 aliphatic heterocycles. The van der Waals surface area contributed by atoms with E-state index in [-0.39, 0.29) is 18.2 Å². The maximum absolute atomic E-state index is 12.2. The van der Waals surface area contributed by atoms with E-state index in [0.29, 0.717) is 27.3 Å². The molecule has 1 aromatic heterocycles.